The second-order valence-corrected chi connectivity index (χ2v) is 77.3. The maximum absolute atomic E-state index is 9.47. The number of aliphatic hydroxyl groups is 8. The van der Waals surface area contributed by atoms with Crippen LogP contribution >= 0.6 is 0 Å². The number of hydrogen-bond donors (Lipinski definition) is 8. The van der Waals surface area contributed by atoms with Gasteiger partial charge in [-0.1, -0.05) is 345 Å². The van der Waals surface area contributed by atoms with E-state index in [0.29, 0.717) is 30.4 Å². The number of nitrogens with zero attached hydrogens (tertiary/aromatic N) is 4. The van der Waals surface area contributed by atoms with Crippen molar-refractivity contribution in [2.45, 2.75) is 332 Å². The molecular formula is C122H174Ir4N4O8Si6-4. The van der Waals surface area contributed by atoms with E-state index in [4.69, 9.17) is 40.4 Å². The molecule has 1 aliphatic rings. The molecule has 1 fully saturated rings. The molecule has 4 unspecified atom stereocenters. The Hall–Kier alpha value is -6.70. The van der Waals surface area contributed by atoms with Gasteiger partial charge in [0, 0.05) is 98.1 Å². The van der Waals surface area contributed by atoms with Crippen LogP contribution in [0.2, 0.25) is 118 Å². The van der Waals surface area contributed by atoms with Crippen LogP contribution in [0.3, 0.4) is 0 Å². The largest absolute Gasteiger partial charge is 0.513 e. The quantitative estimate of drug-likeness (QED) is 0.0192. The molecule has 12 nitrogen and oxygen atoms in total. The van der Waals surface area contributed by atoms with Crippen molar-refractivity contribution in [2.75, 3.05) is 0 Å². The van der Waals surface area contributed by atoms with E-state index in [9.17, 15) is 20.4 Å². The van der Waals surface area contributed by atoms with E-state index in [-0.39, 0.29) is 110 Å². The molecule has 0 spiro atoms. The van der Waals surface area contributed by atoms with Gasteiger partial charge in [0.25, 0.3) is 0 Å². The molecule has 22 heteroatoms. The first-order valence-electron chi connectivity index (χ1n) is 50.7. The molecular weight excluding hydrogens is 2590 g/mol. The zero-order chi connectivity index (χ0) is 106. The van der Waals surface area contributed by atoms with Crippen LogP contribution in [0, 0.1) is 110 Å². The van der Waals surface area contributed by atoms with Gasteiger partial charge in [-0.05, 0) is 176 Å². The summed E-state index contributed by atoms with van der Waals surface area (Å²) in [6.07, 6.45) is 10.5. The van der Waals surface area contributed by atoms with Gasteiger partial charge in [0.1, 0.15) is 0 Å². The molecule has 12 aromatic rings. The van der Waals surface area contributed by atoms with Crippen LogP contribution in [-0.2, 0) is 80.4 Å². The molecule has 144 heavy (non-hydrogen) atoms. The van der Waals surface area contributed by atoms with Crippen LogP contribution in [0.15, 0.2) is 193 Å². The van der Waals surface area contributed by atoms with Gasteiger partial charge >= 0.3 is 0 Å². The Morgan fingerprint density at radius 2 is 0.639 bits per heavy atom. The van der Waals surface area contributed by atoms with Gasteiger partial charge in [0.05, 0.1) is 118 Å². The first kappa shape index (κ1) is 133. The summed E-state index contributed by atoms with van der Waals surface area (Å²) in [5.74, 6) is 2.81. The predicted octanol–water partition coefficient (Wildman–Crippen LogP) is 29.1. The van der Waals surface area contributed by atoms with Crippen molar-refractivity contribution in [3.8, 4) is 45.0 Å². The predicted molar refractivity (Wildman–Crippen MR) is 624 cm³/mol. The molecule has 4 heterocycles. The minimum Gasteiger partial charge on any atom is -0.513 e. The van der Waals surface area contributed by atoms with Crippen LogP contribution in [0.5, 0.6) is 0 Å². The van der Waals surface area contributed by atoms with E-state index < -0.39 is 72.9 Å². The number of hydrogen-bond acceptors (Lipinski definition) is 12. The van der Waals surface area contributed by atoms with E-state index in [1.165, 1.54) is 166 Å². The van der Waals surface area contributed by atoms with Crippen molar-refractivity contribution in [3.05, 3.63) is 273 Å². The van der Waals surface area contributed by atoms with Gasteiger partial charge in [0.15, 0.2) is 0 Å². The Balaban J connectivity index is 0.000000576. The Kier molecular flexibility index (Phi) is 54.3. The third kappa shape index (κ3) is 43.3. The van der Waals surface area contributed by atoms with Gasteiger partial charge < -0.3 is 40.9 Å². The third-order valence-corrected chi connectivity index (χ3v) is 36.6. The summed E-state index contributed by atoms with van der Waals surface area (Å²) in [5.41, 5.74) is 25.7. The number of pyridine rings is 4. The first-order chi connectivity index (χ1) is 64.6. The summed E-state index contributed by atoms with van der Waals surface area (Å²) >= 11 is 0. The monoisotopic (exact) mass is 2760 g/mol. The molecule has 4 aromatic heterocycles. The molecule has 4 radical (unpaired) electrons. The van der Waals surface area contributed by atoms with Crippen molar-refractivity contribution in [1.82, 2.24) is 19.9 Å². The minimum atomic E-state index is -1.45. The molecule has 0 aliphatic heterocycles. The fraction of sp³-hybridized carbons (Fsp3) is 0.443. The summed E-state index contributed by atoms with van der Waals surface area (Å²) in [6, 6.07) is 68.0. The summed E-state index contributed by atoms with van der Waals surface area (Å²) in [7, 11) is -8.55. The summed E-state index contributed by atoms with van der Waals surface area (Å²) in [4.78, 5) is 20.2. The number of rotatable bonds is 21. The number of allylic oxidation sites excluding steroid dienone is 4. The molecule has 0 amide bonds. The Bertz CT molecular complexity index is 5800. The van der Waals surface area contributed by atoms with Crippen molar-refractivity contribution in [1.29, 1.82) is 0 Å². The van der Waals surface area contributed by atoms with Crippen molar-refractivity contribution in [3.63, 3.8) is 0 Å². The second kappa shape index (κ2) is 58.6. The topological polar surface area (TPSA) is 213 Å². The van der Waals surface area contributed by atoms with Gasteiger partial charge in [-0.25, -0.2) is 0 Å². The Morgan fingerprint density at radius 3 is 0.875 bits per heavy atom. The molecule has 13 rings (SSSR count). The normalized spacial score (nSPS) is 13.6. The molecule has 0 bridgehead atoms. The summed E-state index contributed by atoms with van der Waals surface area (Å²) in [5, 5.41) is 85.7. The number of benzene rings is 8. The molecule has 8 N–H and O–H groups in total. The van der Waals surface area contributed by atoms with Crippen molar-refractivity contribution < 1.29 is 121 Å². The first-order valence-corrected chi connectivity index (χ1v) is 71.7. The van der Waals surface area contributed by atoms with Crippen LogP contribution < -0.4 is 31.1 Å². The van der Waals surface area contributed by atoms with Gasteiger partial charge in [-0.2, -0.15) is 0 Å². The van der Waals surface area contributed by atoms with E-state index in [2.05, 4.69) is 364 Å². The fourth-order valence-electron chi connectivity index (χ4n) is 17.2. The number of aryl methyl sites for hydroxylation is 9. The van der Waals surface area contributed by atoms with Crippen molar-refractivity contribution in [2.24, 2.45) is 23.7 Å². The zero-order valence-electron chi connectivity index (χ0n) is 94.3. The van der Waals surface area contributed by atoms with Crippen LogP contribution in [0.1, 0.15) is 183 Å². The zero-order valence-corrected chi connectivity index (χ0v) is 110. The average molecular weight is 2760 g/mol. The Morgan fingerprint density at radius 1 is 0.347 bits per heavy atom. The van der Waals surface area contributed by atoms with Gasteiger partial charge in [0.2, 0.25) is 0 Å². The Labute approximate surface area is 929 Å². The molecule has 1 aliphatic carbocycles. The number of aromatic nitrogens is 4. The molecule has 8 aromatic carbocycles. The van der Waals surface area contributed by atoms with Gasteiger partial charge in [-0.3, -0.25) is 19.9 Å². The summed E-state index contributed by atoms with van der Waals surface area (Å²) < 4.78 is 0. The average Bonchev–Trinajstić information content (AvgIpc) is 0.918. The number of aliphatic hydroxyl groups excluding tert-OH is 8. The maximum Gasteiger partial charge on any atom is 0.0933 e. The van der Waals surface area contributed by atoms with E-state index in [1.807, 2.05) is 41.5 Å². The molecule has 0 saturated heterocycles. The second-order valence-electron chi connectivity index (χ2n) is 46.9. The van der Waals surface area contributed by atoms with Gasteiger partial charge in [-0.15, -0.1) is 140 Å². The van der Waals surface area contributed by atoms with Crippen molar-refractivity contribution >= 4 is 123 Å². The summed E-state index contributed by atoms with van der Waals surface area (Å²) in [6.45, 7) is 84.9. The minimum absolute atomic E-state index is 0. The smallest absolute Gasteiger partial charge is 0.0933 e. The molecule has 4 atom stereocenters. The SMILES string of the molecule is CC(C)C(O)=CC(O)C(C)C.CC(C)CC(O)=CC(O)CC(C)C.CC(O)=CC(C)O.CC(O)=CC(C)O.Cc1[c-]c(-c2ccc3c(C)c(C4CCCC4)ccc3n2)cc(C)c1.Cc1[c-]c(-c2ccc3c([Si](C)(C)C)cc([Si](C)(C)C)cc3n2)cc(C)c1.Cc1[c-]c(-c2ccc3c([Si](C)(C)C)cc([Si](C)(C)C)cc3n2)cc(C)c1.Cc1[c-]c(-c2ccc3c([Si](C)(C)C)cc([Si](C)(C)C)cc3n2)cc(C)c1.[Ir].[Ir].[Ir].[Ir]. The third-order valence-electron chi connectivity index (χ3n) is 24.4. The van der Waals surface area contributed by atoms with E-state index in [1.54, 1.807) is 19.9 Å². The van der Waals surface area contributed by atoms with Crippen LogP contribution in [-0.4, -0.2) is 134 Å². The van der Waals surface area contributed by atoms with Crippen LogP contribution in [0.25, 0.3) is 88.6 Å². The van der Waals surface area contributed by atoms with E-state index in [0.717, 1.165) is 73.0 Å². The standard InChI is InChI=1S/3C23H30NSi2.C23H24N.C11H22O2.C9H18O2.2C5H10O2.4Ir/c3*1-16-11-17(2)13-18(12-16)21-10-9-20-22(24-21)14-19(25(3,4)5)15-23(20)26(6,7)8;1-15-12-16(2)14-19(13-15)22-10-9-21-17(3)20(8-11-23(21)24-22)18-6-4-5-7-18;1-8(2)5-10(12)7-11(13)6-9(3)4;1-6(2)8(10)5-9(11)7(3)4;2*1-4(6)3-5(2)7;;;;/h3*9-12,14-15H,1-8H3;8-13,18H,4-7H2,1-3H3;7-10,12-13H,5-6H2,1-4H3;5-8,10-11H,1-4H3;2*3-4,6-7H,1-2H3;;;;/q4*-1;;;;;;;;. The molecule has 1 saturated carbocycles. The van der Waals surface area contributed by atoms with Crippen LogP contribution in [0.4, 0.5) is 0 Å². The fourth-order valence-corrected chi connectivity index (χ4v) is 25.9. The maximum atomic E-state index is 9.47. The molecule has 794 valence electrons. The number of fused-ring (bicyclic) bond motifs is 4. The van der Waals surface area contributed by atoms with E-state index >= 15 is 0 Å².